The van der Waals surface area contributed by atoms with Crippen LogP contribution in [0.4, 0.5) is 0 Å². The summed E-state index contributed by atoms with van der Waals surface area (Å²) in [6.07, 6.45) is 1.06. The van der Waals surface area contributed by atoms with E-state index in [1.807, 2.05) is 25.1 Å². The topological polar surface area (TPSA) is 68.2 Å². The second-order valence-corrected chi connectivity index (χ2v) is 5.68. The van der Waals surface area contributed by atoms with Crippen LogP contribution in [0.25, 0.3) is 11.0 Å². The first kappa shape index (κ1) is 15.4. The Labute approximate surface area is 126 Å². The van der Waals surface area contributed by atoms with Gasteiger partial charge in [0.05, 0.1) is 11.0 Å². The van der Waals surface area contributed by atoms with Crippen LogP contribution in [0.5, 0.6) is 0 Å². The molecule has 5 nitrogen and oxygen atoms in total. The highest BCUT2D eigenvalue weighted by Gasteiger charge is 2.05. The number of nitrogens with zero attached hydrogens (tertiary/aromatic N) is 3. The third kappa shape index (κ3) is 4.21. The lowest BCUT2D eigenvalue weighted by molar-refractivity contribution is 0.594. The van der Waals surface area contributed by atoms with E-state index in [9.17, 15) is 0 Å². The van der Waals surface area contributed by atoms with Gasteiger partial charge in [-0.3, -0.25) is 4.99 Å². The zero-order valence-electron chi connectivity index (χ0n) is 13.1. The van der Waals surface area contributed by atoms with Gasteiger partial charge in [0, 0.05) is 19.6 Å². The van der Waals surface area contributed by atoms with Crippen LogP contribution in [0.2, 0.25) is 0 Å². The van der Waals surface area contributed by atoms with Gasteiger partial charge >= 0.3 is 0 Å². The normalized spacial score (nSPS) is 12.3. The Balaban J connectivity index is 1.89. The highest BCUT2D eigenvalue weighted by Crippen LogP contribution is 2.14. The van der Waals surface area contributed by atoms with E-state index < -0.39 is 0 Å². The highest BCUT2D eigenvalue weighted by atomic mass is 15.1. The number of para-hydroxylation sites is 2. The molecule has 1 heterocycles. The van der Waals surface area contributed by atoms with Crippen molar-refractivity contribution in [3.05, 3.63) is 30.1 Å². The summed E-state index contributed by atoms with van der Waals surface area (Å²) in [5.41, 5.74) is 8.06. The summed E-state index contributed by atoms with van der Waals surface area (Å²) >= 11 is 0. The number of hydrogen-bond acceptors (Lipinski definition) is 2. The van der Waals surface area contributed by atoms with Crippen molar-refractivity contribution >= 4 is 17.0 Å². The molecule has 0 saturated carbocycles. The molecule has 2 rings (SSSR count). The van der Waals surface area contributed by atoms with Crippen molar-refractivity contribution in [2.75, 3.05) is 13.1 Å². The van der Waals surface area contributed by atoms with Gasteiger partial charge in [0.1, 0.15) is 5.82 Å². The largest absolute Gasteiger partial charge is 0.370 e. The Morgan fingerprint density at radius 2 is 2.14 bits per heavy atom. The Kier molecular flexibility index (Phi) is 5.20. The molecule has 1 aromatic heterocycles. The molecule has 0 aliphatic heterocycles. The van der Waals surface area contributed by atoms with Crippen molar-refractivity contribution in [3.8, 4) is 0 Å². The van der Waals surface area contributed by atoms with Crippen molar-refractivity contribution in [3.63, 3.8) is 0 Å². The number of benzene rings is 1. The first-order valence-electron chi connectivity index (χ1n) is 7.53. The van der Waals surface area contributed by atoms with Gasteiger partial charge in [-0.25, -0.2) is 4.98 Å². The zero-order valence-corrected chi connectivity index (χ0v) is 13.1. The quantitative estimate of drug-likeness (QED) is 0.633. The predicted octanol–water partition coefficient (Wildman–Crippen LogP) is 2.30. The summed E-state index contributed by atoms with van der Waals surface area (Å²) in [5, 5.41) is 3.17. The number of aliphatic imine (C=N–C) groups is 1. The first-order chi connectivity index (χ1) is 10.1. The van der Waals surface area contributed by atoms with Crippen LogP contribution in [0.15, 0.2) is 29.3 Å². The van der Waals surface area contributed by atoms with E-state index in [-0.39, 0.29) is 0 Å². The molecule has 1 aromatic carbocycles. The fourth-order valence-corrected chi connectivity index (χ4v) is 2.27. The van der Waals surface area contributed by atoms with Crippen molar-refractivity contribution in [2.24, 2.45) is 16.6 Å². The molecular weight excluding hydrogens is 262 g/mol. The Hall–Kier alpha value is -2.04. The number of fused-ring (bicyclic) bond motifs is 1. The van der Waals surface area contributed by atoms with Gasteiger partial charge in [-0.05, 0) is 31.4 Å². The Morgan fingerprint density at radius 1 is 1.38 bits per heavy atom. The van der Waals surface area contributed by atoms with Gasteiger partial charge in [0.15, 0.2) is 5.96 Å². The number of nitrogens with two attached hydrogens (primary N) is 1. The van der Waals surface area contributed by atoms with E-state index in [2.05, 4.69) is 39.8 Å². The highest BCUT2D eigenvalue weighted by molar-refractivity contribution is 5.78. The van der Waals surface area contributed by atoms with Gasteiger partial charge < -0.3 is 15.6 Å². The first-order valence-corrected chi connectivity index (χ1v) is 7.53. The molecule has 0 aliphatic rings. The van der Waals surface area contributed by atoms with Crippen LogP contribution in [-0.4, -0.2) is 28.6 Å². The maximum Gasteiger partial charge on any atom is 0.188 e. The molecule has 114 valence electrons. The molecule has 0 spiro atoms. The third-order valence-electron chi connectivity index (χ3n) is 3.48. The lowest BCUT2D eigenvalue weighted by Crippen LogP contribution is -2.34. The minimum atomic E-state index is 0.526. The summed E-state index contributed by atoms with van der Waals surface area (Å²) in [6, 6.07) is 8.18. The lowest BCUT2D eigenvalue weighted by atomic mass is 10.1. The molecule has 0 radical (unpaired) electrons. The lowest BCUT2D eigenvalue weighted by Gasteiger charge is -2.09. The molecule has 0 atom stereocenters. The average Bonchev–Trinajstić information content (AvgIpc) is 2.75. The number of rotatable bonds is 6. The van der Waals surface area contributed by atoms with E-state index in [4.69, 9.17) is 5.73 Å². The number of aromatic nitrogens is 2. The number of aryl methyl sites for hydroxylation is 1. The second kappa shape index (κ2) is 7.11. The molecule has 0 fully saturated rings. The molecular formula is C16H25N5. The minimum absolute atomic E-state index is 0.526. The SMILES string of the molecule is Cc1nc2ccccc2n1CCNC(N)=NCCC(C)C. The van der Waals surface area contributed by atoms with Crippen molar-refractivity contribution in [1.29, 1.82) is 0 Å². The van der Waals surface area contributed by atoms with Gasteiger partial charge in [-0.1, -0.05) is 26.0 Å². The number of hydrogen-bond donors (Lipinski definition) is 2. The van der Waals surface area contributed by atoms with Crippen molar-refractivity contribution in [1.82, 2.24) is 14.9 Å². The fraction of sp³-hybridized carbons (Fsp3) is 0.500. The Morgan fingerprint density at radius 3 is 2.90 bits per heavy atom. The maximum atomic E-state index is 5.86. The molecule has 0 aliphatic carbocycles. The average molecular weight is 287 g/mol. The Bertz CT molecular complexity index is 612. The monoisotopic (exact) mass is 287 g/mol. The zero-order chi connectivity index (χ0) is 15.2. The van der Waals surface area contributed by atoms with E-state index in [1.54, 1.807) is 0 Å². The number of guanidine groups is 1. The summed E-state index contributed by atoms with van der Waals surface area (Å²) in [4.78, 5) is 8.88. The standard InChI is InChI=1S/C16H25N5/c1-12(2)8-9-18-16(17)19-10-11-21-13(3)20-14-6-4-5-7-15(14)21/h4-7,12H,8-11H2,1-3H3,(H3,17,18,19). The second-order valence-electron chi connectivity index (χ2n) is 5.68. The van der Waals surface area contributed by atoms with Crippen molar-refractivity contribution < 1.29 is 0 Å². The predicted molar refractivity (Wildman–Crippen MR) is 88.4 cm³/mol. The van der Waals surface area contributed by atoms with Crippen molar-refractivity contribution in [2.45, 2.75) is 33.7 Å². The molecule has 0 saturated heterocycles. The summed E-state index contributed by atoms with van der Waals surface area (Å²) in [7, 11) is 0. The van der Waals surface area contributed by atoms with Gasteiger partial charge in [-0.15, -0.1) is 0 Å². The van der Waals surface area contributed by atoms with Gasteiger partial charge in [-0.2, -0.15) is 0 Å². The van der Waals surface area contributed by atoms with Gasteiger partial charge in [0.2, 0.25) is 0 Å². The van der Waals surface area contributed by atoms with Crippen LogP contribution in [0.3, 0.4) is 0 Å². The molecule has 5 heteroatoms. The van der Waals surface area contributed by atoms with Crippen LogP contribution in [0, 0.1) is 12.8 Å². The maximum absolute atomic E-state index is 5.86. The van der Waals surface area contributed by atoms with E-state index >= 15 is 0 Å². The molecule has 0 bridgehead atoms. The summed E-state index contributed by atoms with van der Waals surface area (Å²) < 4.78 is 2.20. The van der Waals surface area contributed by atoms with E-state index in [0.717, 1.165) is 42.9 Å². The molecule has 2 aromatic rings. The molecule has 0 unspecified atom stereocenters. The van der Waals surface area contributed by atoms with Crippen LogP contribution in [-0.2, 0) is 6.54 Å². The summed E-state index contributed by atoms with van der Waals surface area (Å²) in [6.45, 7) is 8.76. The smallest absolute Gasteiger partial charge is 0.188 e. The van der Waals surface area contributed by atoms with Crippen LogP contribution < -0.4 is 11.1 Å². The number of nitrogens with one attached hydrogen (secondary N) is 1. The molecule has 0 amide bonds. The van der Waals surface area contributed by atoms with E-state index in [0.29, 0.717) is 11.9 Å². The number of imidazole rings is 1. The fourth-order valence-electron chi connectivity index (χ4n) is 2.27. The summed E-state index contributed by atoms with van der Waals surface area (Å²) in [5.74, 6) is 2.20. The minimum Gasteiger partial charge on any atom is -0.370 e. The molecule has 21 heavy (non-hydrogen) atoms. The third-order valence-corrected chi connectivity index (χ3v) is 3.48. The molecule has 3 N–H and O–H groups in total. The van der Waals surface area contributed by atoms with Gasteiger partial charge in [0.25, 0.3) is 0 Å². The van der Waals surface area contributed by atoms with Crippen LogP contribution >= 0.6 is 0 Å². The van der Waals surface area contributed by atoms with E-state index in [1.165, 1.54) is 0 Å². The van der Waals surface area contributed by atoms with Crippen LogP contribution in [0.1, 0.15) is 26.1 Å².